The molecule has 0 heterocycles. The van der Waals surface area contributed by atoms with Crippen LogP contribution in [-0.4, -0.2) is 20.5 Å². The molecular weight excluding hydrogens is 182 g/mol. The lowest BCUT2D eigenvalue weighted by molar-refractivity contribution is -0.109. The normalized spacial score (nSPS) is 11.9. The minimum absolute atomic E-state index is 0.572. The highest BCUT2D eigenvalue weighted by molar-refractivity contribution is 5.62. The second kappa shape index (κ2) is 4.62. The number of carbonyl (C=O) groups excluding carboxylic acids is 1. The van der Waals surface area contributed by atoms with Crippen LogP contribution in [0.2, 0.25) is 0 Å². The molecule has 0 aliphatic heterocycles. The molecule has 0 aliphatic carbocycles. The molecule has 0 spiro atoms. The van der Waals surface area contributed by atoms with Crippen LogP contribution < -0.4 is 15.2 Å². The Balaban J connectivity index is 3.06. The predicted molar refractivity (Wildman–Crippen MR) is 52.5 cm³/mol. The molecule has 76 valence electrons. The molecule has 0 bridgehead atoms. The molecule has 1 atom stereocenters. The first-order valence-electron chi connectivity index (χ1n) is 4.15. The Morgan fingerprint density at radius 1 is 1.29 bits per heavy atom. The summed E-state index contributed by atoms with van der Waals surface area (Å²) in [5.74, 6) is 1.19. The number of aldehydes is 1. The van der Waals surface area contributed by atoms with Crippen LogP contribution in [0.3, 0.4) is 0 Å². The van der Waals surface area contributed by atoms with Crippen molar-refractivity contribution >= 4 is 6.29 Å². The maximum Gasteiger partial charge on any atom is 0.161 e. The second-order valence-corrected chi connectivity index (χ2v) is 2.78. The number of hydrogen-bond acceptors (Lipinski definition) is 4. The van der Waals surface area contributed by atoms with Gasteiger partial charge in [0.1, 0.15) is 6.29 Å². The zero-order valence-corrected chi connectivity index (χ0v) is 8.19. The summed E-state index contributed by atoms with van der Waals surface area (Å²) in [6.07, 6.45) is 0.682. The highest BCUT2D eigenvalue weighted by Gasteiger charge is 2.08. The second-order valence-electron chi connectivity index (χ2n) is 2.78. The Morgan fingerprint density at radius 3 is 2.43 bits per heavy atom. The van der Waals surface area contributed by atoms with Crippen LogP contribution >= 0.6 is 0 Å². The van der Waals surface area contributed by atoms with E-state index in [0.29, 0.717) is 23.3 Å². The molecule has 1 aromatic carbocycles. The van der Waals surface area contributed by atoms with Gasteiger partial charge in [0, 0.05) is 0 Å². The van der Waals surface area contributed by atoms with Crippen molar-refractivity contribution in [3.05, 3.63) is 23.8 Å². The fourth-order valence-electron chi connectivity index (χ4n) is 1.14. The molecule has 0 amide bonds. The number of hydrogen-bond donors (Lipinski definition) is 1. The van der Waals surface area contributed by atoms with Crippen LogP contribution in [0.1, 0.15) is 11.6 Å². The standard InChI is InChI=1S/C10H13NO3/c1-13-9-4-3-7(8(11)6-12)5-10(9)14-2/h3-6,8H,11H2,1-2H3. The van der Waals surface area contributed by atoms with Crippen molar-refractivity contribution < 1.29 is 14.3 Å². The molecule has 0 aliphatic rings. The monoisotopic (exact) mass is 195 g/mol. The molecule has 1 unspecified atom stereocenters. The van der Waals surface area contributed by atoms with E-state index in [1.165, 1.54) is 7.11 Å². The Kier molecular flexibility index (Phi) is 3.48. The number of ether oxygens (including phenoxy) is 2. The lowest BCUT2D eigenvalue weighted by Gasteiger charge is -2.10. The van der Waals surface area contributed by atoms with E-state index in [1.807, 2.05) is 0 Å². The fraction of sp³-hybridized carbons (Fsp3) is 0.300. The van der Waals surface area contributed by atoms with E-state index in [1.54, 1.807) is 25.3 Å². The van der Waals surface area contributed by atoms with Gasteiger partial charge >= 0.3 is 0 Å². The molecular formula is C10H13NO3. The molecule has 1 aromatic rings. The smallest absolute Gasteiger partial charge is 0.161 e. The van der Waals surface area contributed by atoms with E-state index in [4.69, 9.17) is 15.2 Å². The zero-order valence-electron chi connectivity index (χ0n) is 8.19. The van der Waals surface area contributed by atoms with Crippen molar-refractivity contribution in [2.45, 2.75) is 6.04 Å². The minimum Gasteiger partial charge on any atom is -0.493 e. The molecule has 0 saturated carbocycles. The van der Waals surface area contributed by atoms with Crippen LogP contribution in [-0.2, 0) is 4.79 Å². The quantitative estimate of drug-likeness (QED) is 0.725. The summed E-state index contributed by atoms with van der Waals surface area (Å²) >= 11 is 0. The summed E-state index contributed by atoms with van der Waals surface area (Å²) in [4.78, 5) is 10.5. The molecule has 0 fully saturated rings. The number of benzene rings is 1. The maximum atomic E-state index is 10.5. The first kappa shape index (κ1) is 10.5. The summed E-state index contributed by atoms with van der Waals surface area (Å²) in [6.45, 7) is 0. The van der Waals surface area contributed by atoms with Gasteiger partial charge in [0.15, 0.2) is 11.5 Å². The summed E-state index contributed by atoms with van der Waals surface area (Å²) in [5.41, 5.74) is 6.25. The first-order chi connectivity index (χ1) is 6.72. The van der Waals surface area contributed by atoms with Gasteiger partial charge in [0.05, 0.1) is 20.3 Å². The molecule has 0 aromatic heterocycles. The van der Waals surface area contributed by atoms with E-state index < -0.39 is 6.04 Å². The third kappa shape index (κ3) is 2.03. The number of nitrogens with two attached hydrogens (primary N) is 1. The highest BCUT2D eigenvalue weighted by Crippen LogP contribution is 2.28. The lowest BCUT2D eigenvalue weighted by atomic mass is 10.1. The SMILES string of the molecule is COc1ccc(C(N)C=O)cc1OC. The van der Waals surface area contributed by atoms with Gasteiger partial charge in [-0.2, -0.15) is 0 Å². The van der Waals surface area contributed by atoms with Gasteiger partial charge in [-0.1, -0.05) is 6.07 Å². The number of rotatable bonds is 4. The Bertz CT molecular complexity index is 325. The minimum atomic E-state index is -0.616. The molecule has 0 radical (unpaired) electrons. The lowest BCUT2D eigenvalue weighted by Crippen LogP contribution is -2.11. The third-order valence-corrected chi connectivity index (χ3v) is 1.94. The van der Waals surface area contributed by atoms with Gasteiger partial charge < -0.3 is 20.0 Å². The predicted octanol–water partition coefficient (Wildman–Crippen LogP) is 0.902. The van der Waals surface area contributed by atoms with Gasteiger partial charge in [-0.25, -0.2) is 0 Å². The van der Waals surface area contributed by atoms with Crippen LogP contribution in [0.4, 0.5) is 0 Å². The highest BCUT2D eigenvalue weighted by atomic mass is 16.5. The number of carbonyl (C=O) groups is 1. The van der Waals surface area contributed by atoms with Gasteiger partial charge in [-0.05, 0) is 17.7 Å². The van der Waals surface area contributed by atoms with Crippen molar-refractivity contribution in [3.63, 3.8) is 0 Å². The molecule has 1 rings (SSSR count). The van der Waals surface area contributed by atoms with E-state index in [0.717, 1.165) is 0 Å². The molecule has 0 saturated heterocycles. The Hall–Kier alpha value is -1.55. The molecule has 2 N–H and O–H groups in total. The van der Waals surface area contributed by atoms with Crippen LogP contribution in [0.25, 0.3) is 0 Å². The summed E-state index contributed by atoms with van der Waals surface area (Å²) < 4.78 is 10.1. The van der Waals surface area contributed by atoms with Crippen molar-refractivity contribution in [1.82, 2.24) is 0 Å². The average Bonchev–Trinajstić information content (AvgIpc) is 2.26. The fourth-order valence-corrected chi connectivity index (χ4v) is 1.14. The topological polar surface area (TPSA) is 61.5 Å². The van der Waals surface area contributed by atoms with Crippen molar-refractivity contribution in [3.8, 4) is 11.5 Å². The first-order valence-corrected chi connectivity index (χ1v) is 4.15. The Labute approximate surface area is 82.6 Å². The molecule has 4 nitrogen and oxygen atoms in total. The van der Waals surface area contributed by atoms with E-state index in [-0.39, 0.29) is 0 Å². The maximum absolute atomic E-state index is 10.5. The van der Waals surface area contributed by atoms with E-state index in [9.17, 15) is 4.79 Å². The van der Waals surface area contributed by atoms with Crippen LogP contribution in [0, 0.1) is 0 Å². The van der Waals surface area contributed by atoms with Crippen molar-refractivity contribution in [2.24, 2.45) is 5.73 Å². The van der Waals surface area contributed by atoms with E-state index >= 15 is 0 Å². The third-order valence-electron chi connectivity index (χ3n) is 1.94. The summed E-state index contributed by atoms with van der Waals surface area (Å²) in [6, 6.07) is 4.53. The Morgan fingerprint density at radius 2 is 1.93 bits per heavy atom. The molecule has 4 heteroatoms. The summed E-state index contributed by atoms with van der Waals surface area (Å²) in [5, 5.41) is 0. The van der Waals surface area contributed by atoms with Crippen molar-refractivity contribution in [2.75, 3.05) is 14.2 Å². The van der Waals surface area contributed by atoms with E-state index in [2.05, 4.69) is 0 Å². The zero-order chi connectivity index (χ0) is 10.6. The largest absolute Gasteiger partial charge is 0.493 e. The van der Waals surface area contributed by atoms with Crippen molar-refractivity contribution in [1.29, 1.82) is 0 Å². The van der Waals surface area contributed by atoms with Gasteiger partial charge in [-0.3, -0.25) is 0 Å². The van der Waals surface area contributed by atoms with Crippen LogP contribution in [0.15, 0.2) is 18.2 Å². The van der Waals surface area contributed by atoms with Gasteiger partial charge in [0.2, 0.25) is 0 Å². The van der Waals surface area contributed by atoms with Gasteiger partial charge in [0.25, 0.3) is 0 Å². The molecule has 14 heavy (non-hydrogen) atoms. The van der Waals surface area contributed by atoms with Gasteiger partial charge in [-0.15, -0.1) is 0 Å². The van der Waals surface area contributed by atoms with Crippen LogP contribution in [0.5, 0.6) is 11.5 Å². The average molecular weight is 195 g/mol. The summed E-state index contributed by atoms with van der Waals surface area (Å²) in [7, 11) is 3.09. The number of methoxy groups -OCH3 is 2.